The van der Waals surface area contributed by atoms with E-state index in [1.807, 2.05) is 0 Å². The van der Waals surface area contributed by atoms with E-state index in [1.165, 1.54) is 4.90 Å². The lowest BCUT2D eigenvalue weighted by atomic mass is 10.1. The molecule has 0 bridgehead atoms. The molecule has 0 saturated carbocycles. The SMILES string of the molecule is CN(C(=O)N1CCC[C@@H]1C(=O)O)C1CCOCC1. The molecule has 102 valence electrons. The molecule has 0 aromatic carbocycles. The number of rotatable bonds is 2. The van der Waals surface area contributed by atoms with Gasteiger partial charge in [0.25, 0.3) is 0 Å². The summed E-state index contributed by atoms with van der Waals surface area (Å²) in [5.41, 5.74) is 0. The van der Waals surface area contributed by atoms with E-state index in [0.29, 0.717) is 26.2 Å². The lowest BCUT2D eigenvalue weighted by Crippen LogP contribution is -2.50. The number of hydrogen-bond acceptors (Lipinski definition) is 3. The summed E-state index contributed by atoms with van der Waals surface area (Å²) >= 11 is 0. The van der Waals surface area contributed by atoms with Crippen molar-refractivity contribution in [1.82, 2.24) is 9.80 Å². The predicted octanol–water partition coefficient (Wildman–Crippen LogP) is 0.766. The highest BCUT2D eigenvalue weighted by Gasteiger charge is 2.37. The molecule has 1 N–H and O–H groups in total. The van der Waals surface area contributed by atoms with Gasteiger partial charge in [0.2, 0.25) is 0 Å². The summed E-state index contributed by atoms with van der Waals surface area (Å²) in [7, 11) is 1.76. The van der Waals surface area contributed by atoms with Crippen LogP contribution in [0.25, 0.3) is 0 Å². The van der Waals surface area contributed by atoms with Crippen molar-refractivity contribution in [2.45, 2.75) is 37.8 Å². The van der Waals surface area contributed by atoms with Gasteiger partial charge in [-0.05, 0) is 25.7 Å². The van der Waals surface area contributed by atoms with E-state index < -0.39 is 12.0 Å². The highest BCUT2D eigenvalue weighted by Crippen LogP contribution is 2.21. The van der Waals surface area contributed by atoms with Crippen LogP contribution in [0, 0.1) is 0 Å². The van der Waals surface area contributed by atoms with Gasteiger partial charge in [0.1, 0.15) is 6.04 Å². The zero-order valence-electron chi connectivity index (χ0n) is 10.7. The molecule has 0 aromatic heterocycles. The number of aliphatic carboxylic acids is 1. The molecule has 1 atom stereocenters. The minimum Gasteiger partial charge on any atom is -0.480 e. The number of carboxylic acid groups (broad SMARTS) is 1. The van der Waals surface area contributed by atoms with Crippen LogP contribution in [0.5, 0.6) is 0 Å². The Hall–Kier alpha value is -1.30. The molecule has 2 heterocycles. The van der Waals surface area contributed by atoms with E-state index >= 15 is 0 Å². The second kappa shape index (κ2) is 5.56. The van der Waals surface area contributed by atoms with Crippen molar-refractivity contribution < 1.29 is 19.4 Å². The Morgan fingerprint density at radius 2 is 1.94 bits per heavy atom. The van der Waals surface area contributed by atoms with Gasteiger partial charge >= 0.3 is 12.0 Å². The highest BCUT2D eigenvalue weighted by molar-refractivity contribution is 5.83. The van der Waals surface area contributed by atoms with Gasteiger partial charge in [0.05, 0.1) is 0 Å². The van der Waals surface area contributed by atoms with Gasteiger partial charge in [-0.15, -0.1) is 0 Å². The summed E-state index contributed by atoms with van der Waals surface area (Å²) in [4.78, 5) is 26.6. The first-order valence-corrected chi connectivity index (χ1v) is 6.45. The second-order valence-corrected chi connectivity index (χ2v) is 4.93. The van der Waals surface area contributed by atoms with Gasteiger partial charge in [-0.2, -0.15) is 0 Å². The number of hydrogen-bond donors (Lipinski definition) is 1. The van der Waals surface area contributed by atoms with Gasteiger partial charge < -0.3 is 19.6 Å². The summed E-state index contributed by atoms with van der Waals surface area (Å²) in [6.07, 6.45) is 2.98. The third kappa shape index (κ3) is 2.58. The van der Waals surface area contributed by atoms with Crippen LogP contribution < -0.4 is 0 Å². The van der Waals surface area contributed by atoms with E-state index in [1.54, 1.807) is 11.9 Å². The quantitative estimate of drug-likeness (QED) is 0.792. The number of carboxylic acids is 1. The molecule has 18 heavy (non-hydrogen) atoms. The van der Waals surface area contributed by atoms with Gasteiger partial charge in [-0.25, -0.2) is 9.59 Å². The Kier molecular flexibility index (Phi) is 4.06. The average molecular weight is 256 g/mol. The third-order valence-electron chi connectivity index (χ3n) is 3.82. The third-order valence-corrected chi connectivity index (χ3v) is 3.82. The maximum absolute atomic E-state index is 12.3. The minimum atomic E-state index is -0.902. The fourth-order valence-electron chi connectivity index (χ4n) is 2.68. The van der Waals surface area contributed by atoms with Crippen molar-refractivity contribution >= 4 is 12.0 Å². The molecule has 2 rings (SSSR count). The molecule has 0 spiro atoms. The van der Waals surface area contributed by atoms with Crippen molar-refractivity contribution in [3.63, 3.8) is 0 Å². The zero-order chi connectivity index (χ0) is 13.1. The number of ether oxygens (including phenoxy) is 1. The molecular weight excluding hydrogens is 236 g/mol. The monoisotopic (exact) mass is 256 g/mol. The van der Waals surface area contributed by atoms with Crippen LogP contribution in [0.1, 0.15) is 25.7 Å². The van der Waals surface area contributed by atoms with Crippen molar-refractivity contribution in [2.75, 3.05) is 26.8 Å². The van der Waals surface area contributed by atoms with Gasteiger partial charge in [0, 0.05) is 32.8 Å². The van der Waals surface area contributed by atoms with Crippen LogP contribution in [0.4, 0.5) is 4.79 Å². The molecule has 0 aromatic rings. The number of urea groups is 1. The fraction of sp³-hybridized carbons (Fsp3) is 0.833. The molecule has 2 aliphatic heterocycles. The topological polar surface area (TPSA) is 70.1 Å². The van der Waals surface area contributed by atoms with E-state index in [4.69, 9.17) is 9.84 Å². The highest BCUT2D eigenvalue weighted by atomic mass is 16.5. The molecule has 2 amide bonds. The lowest BCUT2D eigenvalue weighted by molar-refractivity contribution is -0.141. The van der Waals surface area contributed by atoms with Gasteiger partial charge in [-0.3, -0.25) is 0 Å². The molecule has 0 aliphatic carbocycles. The molecule has 0 radical (unpaired) electrons. The Morgan fingerprint density at radius 1 is 1.28 bits per heavy atom. The second-order valence-electron chi connectivity index (χ2n) is 4.93. The molecular formula is C12H20N2O4. The van der Waals surface area contributed by atoms with Crippen LogP contribution in [-0.4, -0.2) is 65.8 Å². The van der Waals surface area contributed by atoms with E-state index in [-0.39, 0.29) is 12.1 Å². The molecule has 2 fully saturated rings. The van der Waals surface area contributed by atoms with Crippen molar-refractivity contribution in [3.05, 3.63) is 0 Å². The minimum absolute atomic E-state index is 0.160. The van der Waals surface area contributed by atoms with Crippen LogP contribution in [0.2, 0.25) is 0 Å². The number of carbonyl (C=O) groups is 2. The van der Waals surface area contributed by atoms with Gasteiger partial charge in [0.15, 0.2) is 0 Å². The number of carbonyl (C=O) groups excluding carboxylic acids is 1. The predicted molar refractivity (Wildman–Crippen MR) is 64.4 cm³/mol. The van der Waals surface area contributed by atoms with E-state index in [2.05, 4.69) is 0 Å². The molecule has 6 heteroatoms. The number of nitrogens with zero attached hydrogens (tertiary/aromatic N) is 2. The van der Waals surface area contributed by atoms with Crippen molar-refractivity contribution in [2.24, 2.45) is 0 Å². The first-order valence-electron chi connectivity index (χ1n) is 6.45. The number of amides is 2. The van der Waals surface area contributed by atoms with Crippen molar-refractivity contribution in [3.8, 4) is 0 Å². The summed E-state index contributed by atoms with van der Waals surface area (Å²) in [5.74, 6) is -0.902. The van der Waals surface area contributed by atoms with Crippen molar-refractivity contribution in [1.29, 1.82) is 0 Å². The van der Waals surface area contributed by atoms with Crippen LogP contribution in [0.15, 0.2) is 0 Å². The maximum Gasteiger partial charge on any atom is 0.326 e. The largest absolute Gasteiger partial charge is 0.480 e. The average Bonchev–Trinajstić information content (AvgIpc) is 2.87. The molecule has 6 nitrogen and oxygen atoms in total. The standard InChI is InChI=1S/C12H20N2O4/c1-13(9-4-7-18-8-5-9)12(17)14-6-2-3-10(14)11(15)16/h9-10H,2-8H2,1H3,(H,15,16)/t10-/m1/s1. The zero-order valence-corrected chi connectivity index (χ0v) is 10.7. The molecule has 2 saturated heterocycles. The Labute approximate surface area is 106 Å². The Balaban J connectivity index is 1.99. The lowest BCUT2D eigenvalue weighted by Gasteiger charge is -2.35. The van der Waals surface area contributed by atoms with E-state index in [0.717, 1.165) is 19.3 Å². The Bertz CT molecular complexity index is 328. The fourth-order valence-corrected chi connectivity index (χ4v) is 2.68. The normalized spacial score (nSPS) is 25.2. The smallest absolute Gasteiger partial charge is 0.326 e. The first-order chi connectivity index (χ1) is 8.61. The summed E-state index contributed by atoms with van der Waals surface area (Å²) in [6, 6.07) is -0.645. The van der Waals surface area contributed by atoms with Gasteiger partial charge in [-0.1, -0.05) is 0 Å². The van der Waals surface area contributed by atoms with Crippen LogP contribution in [-0.2, 0) is 9.53 Å². The maximum atomic E-state index is 12.3. The first kappa shape index (κ1) is 13.1. The van der Waals surface area contributed by atoms with E-state index in [9.17, 15) is 9.59 Å². The van der Waals surface area contributed by atoms with Crippen LogP contribution >= 0.6 is 0 Å². The molecule has 0 unspecified atom stereocenters. The summed E-state index contributed by atoms with van der Waals surface area (Å²) in [5, 5.41) is 9.09. The molecule has 2 aliphatic rings. The summed E-state index contributed by atoms with van der Waals surface area (Å²) in [6.45, 7) is 1.89. The summed E-state index contributed by atoms with van der Waals surface area (Å²) < 4.78 is 5.27. The van der Waals surface area contributed by atoms with Crippen LogP contribution in [0.3, 0.4) is 0 Å². The number of likely N-dealkylation sites (tertiary alicyclic amines) is 1. The Morgan fingerprint density at radius 3 is 2.56 bits per heavy atom.